The van der Waals surface area contributed by atoms with E-state index < -0.39 is 5.97 Å². The third-order valence-corrected chi connectivity index (χ3v) is 1.28. The van der Waals surface area contributed by atoms with E-state index in [1.165, 1.54) is 0 Å². The molecule has 0 aliphatic rings. The molecule has 0 aliphatic heterocycles. The third-order valence-electron chi connectivity index (χ3n) is 1.28. The molecule has 0 spiro atoms. The van der Waals surface area contributed by atoms with Crippen molar-refractivity contribution in [3.8, 4) is 0 Å². The van der Waals surface area contributed by atoms with Gasteiger partial charge in [0.2, 0.25) is 0 Å². The molecule has 1 aromatic rings. The largest absolute Gasteiger partial charge is 0.478 e. The number of rotatable bonds is 3. The van der Waals surface area contributed by atoms with E-state index in [9.17, 15) is 4.79 Å². The molecule has 0 unspecified atom stereocenters. The molecule has 1 aromatic heterocycles. The number of carboxylic acids is 1. The number of allylic oxidation sites excluding steroid dienone is 1. The van der Waals surface area contributed by atoms with Gasteiger partial charge in [-0.15, -0.1) is 0 Å². The molecule has 3 nitrogen and oxygen atoms in total. The summed E-state index contributed by atoms with van der Waals surface area (Å²) in [6, 6.07) is 1.91. The van der Waals surface area contributed by atoms with Gasteiger partial charge in [-0.25, -0.2) is 4.79 Å². The van der Waals surface area contributed by atoms with Crippen molar-refractivity contribution >= 4 is 5.97 Å². The van der Waals surface area contributed by atoms with Crippen molar-refractivity contribution in [2.24, 2.45) is 0 Å². The molecule has 1 rings (SSSR count). The highest BCUT2D eigenvalue weighted by Gasteiger charge is 1.88. The number of aliphatic carboxylic acids is 1. The van der Waals surface area contributed by atoms with Crippen LogP contribution in [0.25, 0.3) is 0 Å². The summed E-state index contributed by atoms with van der Waals surface area (Å²) in [4.78, 5) is 12.9. The van der Waals surface area contributed by atoms with Gasteiger partial charge in [0, 0.05) is 18.5 Å². The fraction of sp³-hybridized carbons (Fsp3) is 0.125. The highest BCUT2D eigenvalue weighted by atomic mass is 16.4. The lowest BCUT2D eigenvalue weighted by Gasteiger charge is -1.84. The maximum absolute atomic E-state index is 10.0. The quantitative estimate of drug-likeness (QED) is 0.638. The van der Waals surface area contributed by atoms with Gasteiger partial charge in [0.05, 0.1) is 0 Å². The lowest BCUT2D eigenvalue weighted by atomic mass is 10.2. The zero-order chi connectivity index (χ0) is 8.10. The Bertz CT molecular complexity index is 249. The Labute approximate surface area is 64.4 Å². The number of carbonyl (C=O) groups is 1. The lowest BCUT2D eigenvalue weighted by molar-refractivity contribution is -0.131. The molecule has 0 atom stereocenters. The molecule has 0 aromatic carbocycles. The first-order valence-electron chi connectivity index (χ1n) is 3.30. The molecule has 1 heterocycles. The van der Waals surface area contributed by atoms with Crippen LogP contribution in [0, 0.1) is 0 Å². The zero-order valence-electron chi connectivity index (χ0n) is 5.95. The first-order valence-corrected chi connectivity index (χ1v) is 3.30. The molecule has 2 N–H and O–H groups in total. The van der Waals surface area contributed by atoms with Crippen LogP contribution in [0.5, 0.6) is 0 Å². The first-order chi connectivity index (χ1) is 5.29. The van der Waals surface area contributed by atoms with Crippen molar-refractivity contribution in [3.63, 3.8) is 0 Å². The average molecular weight is 151 g/mol. The van der Waals surface area contributed by atoms with Crippen LogP contribution in [-0.2, 0) is 11.2 Å². The second kappa shape index (κ2) is 3.61. The van der Waals surface area contributed by atoms with E-state index in [4.69, 9.17) is 5.11 Å². The topological polar surface area (TPSA) is 53.1 Å². The Balaban J connectivity index is 2.40. The van der Waals surface area contributed by atoms with E-state index in [2.05, 4.69) is 4.98 Å². The minimum atomic E-state index is -0.902. The van der Waals surface area contributed by atoms with Gasteiger partial charge in [0.15, 0.2) is 0 Å². The van der Waals surface area contributed by atoms with Crippen LogP contribution in [0.2, 0.25) is 0 Å². The van der Waals surface area contributed by atoms with Crippen LogP contribution in [0.15, 0.2) is 30.6 Å². The summed E-state index contributed by atoms with van der Waals surface area (Å²) < 4.78 is 0. The summed E-state index contributed by atoms with van der Waals surface area (Å²) in [6.45, 7) is 0. The molecule has 0 amide bonds. The van der Waals surface area contributed by atoms with Crippen molar-refractivity contribution < 1.29 is 9.90 Å². The molecule has 0 bridgehead atoms. The molecular formula is C8H9NO2. The van der Waals surface area contributed by atoms with Crippen LogP contribution in [0.3, 0.4) is 0 Å². The van der Waals surface area contributed by atoms with E-state index >= 15 is 0 Å². The predicted molar refractivity (Wildman–Crippen MR) is 41.3 cm³/mol. The summed E-state index contributed by atoms with van der Waals surface area (Å²) in [5.41, 5.74) is 1.09. The van der Waals surface area contributed by atoms with E-state index in [0.717, 1.165) is 11.6 Å². The van der Waals surface area contributed by atoms with Gasteiger partial charge >= 0.3 is 5.97 Å². The molecule has 11 heavy (non-hydrogen) atoms. The first kappa shape index (κ1) is 7.60. The van der Waals surface area contributed by atoms with E-state index in [0.29, 0.717) is 6.42 Å². The van der Waals surface area contributed by atoms with Crippen molar-refractivity contribution in [1.29, 1.82) is 0 Å². The Morgan fingerprint density at radius 2 is 2.55 bits per heavy atom. The van der Waals surface area contributed by atoms with Crippen molar-refractivity contribution in [1.82, 2.24) is 4.98 Å². The zero-order valence-corrected chi connectivity index (χ0v) is 5.95. The van der Waals surface area contributed by atoms with E-state index in [1.54, 1.807) is 6.08 Å². The van der Waals surface area contributed by atoms with Gasteiger partial charge in [-0.05, 0) is 18.1 Å². The number of aromatic nitrogens is 1. The van der Waals surface area contributed by atoms with Crippen molar-refractivity contribution in [2.75, 3.05) is 0 Å². The minimum absolute atomic E-state index is 0.662. The van der Waals surface area contributed by atoms with Gasteiger partial charge in [-0.3, -0.25) is 0 Å². The van der Waals surface area contributed by atoms with Crippen LogP contribution in [0.4, 0.5) is 0 Å². The maximum Gasteiger partial charge on any atom is 0.327 e. The van der Waals surface area contributed by atoms with Crippen molar-refractivity contribution in [2.45, 2.75) is 6.42 Å². The third kappa shape index (κ3) is 2.71. The Hall–Kier alpha value is -1.51. The van der Waals surface area contributed by atoms with Crippen molar-refractivity contribution in [3.05, 3.63) is 36.2 Å². The normalized spacial score (nSPS) is 10.5. The molecule has 0 fully saturated rings. The van der Waals surface area contributed by atoms with E-state index in [-0.39, 0.29) is 0 Å². The highest BCUT2D eigenvalue weighted by Crippen LogP contribution is 1.97. The second-order valence-electron chi connectivity index (χ2n) is 2.16. The Kier molecular flexibility index (Phi) is 2.49. The van der Waals surface area contributed by atoms with Gasteiger partial charge in [0.25, 0.3) is 0 Å². The second-order valence-corrected chi connectivity index (χ2v) is 2.16. The summed E-state index contributed by atoms with van der Waals surface area (Å²) >= 11 is 0. The highest BCUT2D eigenvalue weighted by molar-refractivity contribution is 5.79. The summed E-state index contributed by atoms with van der Waals surface area (Å²) in [5.74, 6) is -0.902. The van der Waals surface area contributed by atoms with Gasteiger partial charge in [0.1, 0.15) is 0 Å². The number of aromatic amines is 1. The molecule has 58 valence electrons. The number of carboxylic acid groups (broad SMARTS) is 1. The number of hydrogen-bond acceptors (Lipinski definition) is 1. The molecule has 0 aliphatic carbocycles. The summed E-state index contributed by atoms with van der Waals surface area (Å²) in [7, 11) is 0. The number of hydrogen-bond donors (Lipinski definition) is 2. The Morgan fingerprint density at radius 1 is 1.73 bits per heavy atom. The summed E-state index contributed by atoms with van der Waals surface area (Å²) in [5, 5.41) is 8.25. The fourth-order valence-electron chi connectivity index (χ4n) is 0.781. The smallest absolute Gasteiger partial charge is 0.327 e. The molecular weight excluding hydrogens is 142 g/mol. The Morgan fingerprint density at radius 3 is 3.09 bits per heavy atom. The monoisotopic (exact) mass is 151 g/mol. The number of nitrogens with one attached hydrogen (secondary N) is 1. The summed E-state index contributed by atoms with van der Waals surface area (Å²) in [6.07, 6.45) is 7.07. The molecule has 0 radical (unpaired) electrons. The SMILES string of the molecule is O=C(O)C=CCc1cc[nH]c1. The van der Waals surface area contributed by atoms with E-state index in [1.807, 2.05) is 18.5 Å². The van der Waals surface area contributed by atoms with Gasteiger partial charge in [-0.2, -0.15) is 0 Å². The van der Waals surface area contributed by atoms with Crippen LogP contribution in [-0.4, -0.2) is 16.1 Å². The minimum Gasteiger partial charge on any atom is -0.478 e. The number of H-pyrrole nitrogens is 1. The molecule has 0 saturated heterocycles. The van der Waals surface area contributed by atoms with Crippen LogP contribution >= 0.6 is 0 Å². The molecule has 0 saturated carbocycles. The lowest BCUT2D eigenvalue weighted by Crippen LogP contribution is -1.86. The van der Waals surface area contributed by atoms with Gasteiger partial charge < -0.3 is 10.1 Å². The van der Waals surface area contributed by atoms with Crippen LogP contribution < -0.4 is 0 Å². The maximum atomic E-state index is 10.0. The van der Waals surface area contributed by atoms with Crippen LogP contribution in [0.1, 0.15) is 5.56 Å². The molecule has 3 heteroatoms. The predicted octanol–water partition coefficient (Wildman–Crippen LogP) is 1.20. The fourth-order valence-corrected chi connectivity index (χ4v) is 0.781. The average Bonchev–Trinajstić information content (AvgIpc) is 2.39. The van der Waals surface area contributed by atoms with Gasteiger partial charge in [-0.1, -0.05) is 6.08 Å². The standard InChI is InChI=1S/C8H9NO2/c10-8(11)3-1-2-7-4-5-9-6-7/h1,3-6,9H,2H2,(H,10,11).